The number of aryl methyl sites for hydroxylation is 1. The second-order valence-electron chi connectivity index (χ2n) is 10.6. The third kappa shape index (κ3) is 8.80. The number of thiophene rings is 1. The fraction of sp³-hybridized carbons (Fsp3) is 0.731. The first-order valence-electron chi connectivity index (χ1n) is 13.3. The first-order chi connectivity index (χ1) is 19.4. The maximum absolute atomic E-state index is 13.5. The van der Waals surface area contributed by atoms with Crippen molar-refractivity contribution in [3.05, 3.63) is 21.9 Å². The number of nitrogens with zero attached hydrogens (tertiary/aromatic N) is 3. The molecule has 2 spiro atoms. The molecule has 0 aromatic carbocycles. The number of amides is 1. The summed E-state index contributed by atoms with van der Waals surface area (Å²) in [6.07, 6.45) is -6.85. The molecule has 2 N–H and O–H groups in total. The SMILES string of the molecule is CCN1CCC2(CN(CCOC)CC23CCN(Cc2ccc(C)s2)CC3)C1=O.O=C(O)C(F)(F)F.O=C(O)C(F)(F)F. The van der Waals surface area contributed by atoms with Crippen LogP contribution in [0.5, 0.6) is 0 Å². The molecule has 3 aliphatic rings. The smallest absolute Gasteiger partial charge is 0.475 e. The number of alkyl halides is 6. The molecule has 1 unspecified atom stereocenters. The van der Waals surface area contributed by atoms with Gasteiger partial charge in [-0.25, -0.2) is 9.59 Å². The van der Waals surface area contributed by atoms with Crippen molar-refractivity contribution in [2.45, 2.75) is 52.0 Å². The van der Waals surface area contributed by atoms with Gasteiger partial charge >= 0.3 is 24.3 Å². The number of carboxylic acids is 2. The Kier molecular flexibility index (Phi) is 12.2. The Labute approximate surface area is 244 Å². The highest BCUT2D eigenvalue weighted by Gasteiger charge is 2.64. The Balaban J connectivity index is 0.000000367. The lowest BCUT2D eigenvalue weighted by molar-refractivity contribution is -0.193. The Hall–Kier alpha value is -2.43. The van der Waals surface area contributed by atoms with Crippen LogP contribution < -0.4 is 0 Å². The number of hydrogen-bond donors (Lipinski definition) is 2. The number of aliphatic carboxylic acids is 2. The molecule has 3 saturated heterocycles. The first kappa shape index (κ1) is 35.8. The van der Waals surface area contributed by atoms with Gasteiger partial charge in [0.25, 0.3) is 0 Å². The molecule has 3 aliphatic heterocycles. The summed E-state index contributed by atoms with van der Waals surface area (Å²) in [5.74, 6) is -5.09. The standard InChI is InChI=1S/C22H35N3O2S.2C2HF3O2/c1-4-25-12-9-22(20(25)26)17-24(13-14-27-3)16-21(22)7-10-23(11-8-21)15-19-6-5-18(2)28-19;2*3-2(4,5)1(6)7/h5-6H,4,7-17H2,1-3H3;2*(H,6,7). The summed E-state index contributed by atoms with van der Waals surface area (Å²) < 4.78 is 68.8. The Bertz CT molecular complexity index is 1050. The molecule has 0 radical (unpaired) electrons. The van der Waals surface area contributed by atoms with Crippen LogP contribution >= 0.6 is 11.3 Å². The summed E-state index contributed by atoms with van der Waals surface area (Å²) in [7, 11) is 1.77. The van der Waals surface area contributed by atoms with Gasteiger partial charge in [0.1, 0.15) is 0 Å². The van der Waals surface area contributed by atoms with Crippen molar-refractivity contribution in [1.29, 1.82) is 0 Å². The molecule has 9 nitrogen and oxygen atoms in total. The topological polar surface area (TPSA) is 111 Å². The summed E-state index contributed by atoms with van der Waals surface area (Å²) in [4.78, 5) is 41.3. The van der Waals surface area contributed by atoms with E-state index in [2.05, 4.69) is 40.7 Å². The monoisotopic (exact) mass is 633 g/mol. The number of carbonyl (C=O) groups excluding carboxylic acids is 1. The Morgan fingerprint density at radius 2 is 1.50 bits per heavy atom. The van der Waals surface area contributed by atoms with Gasteiger partial charge in [0.15, 0.2) is 0 Å². The fourth-order valence-corrected chi connectivity index (χ4v) is 6.84. The van der Waals surface area contributed by atoms with Crippen LogP contribution in [0.4, 0.5) is 26.3 Å². The fourth-order valence-electron chi connectivity index (χ4n) is 5.91. The van der Waals surface area contributed by atoms with Crippen molar-refractivity contribution >= 4 is 29.2 Å². The minimum atomic E-state index is -5.08. The van der Waals surface area contributed by atoms with Crippen molar-refractivity contribution in [3.63, 3.8) is 0 Å². The lowest BCUT2D eigenvalue weighted by Crippen LogP contribution is -2.52. The van der Waals surface area contributed by atoms with Gasteiger partial charge in [-0.3, -0.25) is 14.6 Å². The largest absolute Gasteiger partial charge is 0.490 e. The molecular weight excluding hydrogens is 596 g/mol. The van der Waals surface area contributed by atoms with Crippen molar-refractivity contribution in [2.24, 2.45) is 10.8 Å². The number of ether oxygens (including phenoxy) is 1. The van der Waals surface area contributed by atoms with Gasteiger partial charge in [0.05, 0.1) is 12.0 Å². The van der Waals surface area contributed by atoms with Gasteiger partial charge in [0, 0.05) is 61.5 Å². The number of rotatable bonds is 6. The second-order valence-corrected chi connectivity index (χ2v) is 12.0. The number of methoxy groups -OCH3 is 1. The summed E-state index contributed by atoms with van der Waals surface area (Å²) in [6.45, 7) is 13.0. The Morgan fingerprint density at radius 1 is 0.952 bits per heavy atom. The molecule has 3 fully saturated rings. The zero-order chi connectivity index (χ0) is 31.9. The normalized spacial score (nSPS) is 22.6. The number of hydrogen-bond acceptors (Lipinski definition) is 7. The van der Waals surface area contributed by atoms with E-state index in [1.165, 1.54) is 9.75 Å². The second kappa shape index (κ2) is 14.4. The predicted molar refractivity (Wildman–Crippen MR) is 141 cm³/mol. The van der Waals surface area contributed by atoms with Crippen LogP contribution in [0, 0.1) is 17.8 Å². The van der Waals surface area contributed by atoms with Crippen molar-refractivity contribution in [2.75, 3.05) is 59.5 Å². The van der Waals surface area contributed by atoms with E-state index >= 15 is 0 Å². The van der Waals surface area contributed by atoms with Crippen molar-refractivity contribution in [3.8, 4) is 0 Å². The predicted octanol–water partition coefficient (Wildman–Crippen LogP) is 4.11. The van der Waals surface area contributed by atoms with Gasteiger partial charge in [-0.05, 0) is 58.3 Å². The van der Waals surface area contributed by atoms with Gasteiger partial charge in [0.2, 0.25) is 5.91 Å². The van der Waals surface area contributed by atoms with Crippen molar-refractivity contribution < 1.29 is 55.7 Å². The van der Waals surface area contributed by atoms with Gasteiger partial charge in [-0.1, -0.05) is 0 Å². The van der Waals surface area contributed by atoms with E-state index in [0.29, 0.717) is 5.91 Å². The van der Waals surface area contributed by atoms with E-state index in [1.54, 1.807) is 7.11 Å². The van der Waals surface area contributed by atoms with Gasteiger partial charge in [-0.15, -0.1) is 11.3 Å². The number of piperidine rings is 1. The number of likely N-dealkylation sites (tertiary alicyclic amines) is 3. The molecule has 16 heteroatoms. The number of carbonyl (C=O) groups is 3. The third-order valence-electron chi connectivity index (χ3n) is 8.01. The minimum Gasteiger partial charge on any atom is -0.475 e. The molecule has 0 saturated carbocycles. The molecule has 1 amide bonds. The quantitative estimate of drug-likeness (QED) is 0.451. The molecule has 1 aromatic rings. The maximum atomic E-state index is 13.5. The number of halogens is 6. The Morgan fingerprint density at radius 3 is 1.90 bits per heavy atom. The van der Waals surface area contributed by atoms with Crippen LogP contribution in [-0.2, 0) is 25.7 Å². The third-order valence-corrected chi connectivity index (χ3v) is 8.99. The minimum absolute atomic E-state index is 0.142. The van der Waals surface area contributed by atoms with Crippen molar-refractivity contribution in [1.82, 2.24) is 14.7 Å². The van der Waals surface area contributed by atoms with E-state index in [9.17, 15) is 31.1 Å². The zero-order valence-electron chi connectivity index (χ0n) is 23.7. The van der Waals surface area contributed by atoms with E-state index < -0.39 is 24.3 Å². The lowest BCUT2D eigenvalue weighted by Gasteiger charge is -2.47. The summed E-state index contributed by atoms with van der Waals surface area (Å²) in [6, 6.07) is 4.50. The molecule has 0 bridgehead atoms. The molecular formula is C26H37F6N3O6S. The molecule has 4 rings (SSSR count). The van der Waals surface area contributed by atoms with Gasteiger partial charge < -0.3 is 19.8 Å². The molecule has 42 heavy (non-hydrogen) atoms. The molecule has 0 aliphatic carbocycles. The van der Waals surface area contributed by atoms with Crippen LogP contribution in [0.1, 0.15) is 35.9 Å². The van der Waals surface area contributed by atoms with E-state index in [0.717, 1.165) is 78.2 Å². The maximum Gasteiger partial charge on any atom is 0.490 e. The average Bonchev–Trinajstić information content (AvgIpc) is 3.55. The highest BCUT2D eigenvalue weighted by atomic mass is 32.1. The molecule has 1 atom stereocenters. The molecule has 4 heterocycles. The van der Waals surface area contributed by atoms with Gasteiger partial charge in [-0.2, -0.15) is 26.3 Å². The van der Waals surface area contributed by atoms with Crippen LogP contribution in [0.25, 0.3) is 0 Å². The highest BCUT2D eigenvalue weighted by molar-refractivity contribution is 7.11. The summed E-state index contributed by atoms with van der Waals surface area (Å²) in [5.41, 5.74) is -0.0219. The number of fused-ring (bicyclic) bond motifs is 1. The zero-order valence-corrected chi connectivity index (χ0v) is 24.5. The summed E-state index contributed by atoms with van der Waals surface area (Å²) >= 11 is 1.91. The van der Waals surface area contributed by atoms with Crippen LogP contribution in [0.15, 0.2) is 12.1 Å². The first-order valence-corrected chi connectivity index (χ1v) is 14.1. The van der Waals surface area contributed by atoms with Crippen LogP contribution in [-0.4, -0.2) is 115 Å². The summed E-state index contributed by atoms with van der Waals surface area (Å²) in [5, 5.41) is 14.2. The van der Waals surface area contributed by atoms with E-state index in [4.69, 9.17) is 24.5 Å². The molecule has 240 valence electrons. The lowest BCUT2D eigenvalue weighted by atomic mass is 9.60. The number of carboxylic acid groups (broad SMARTS) is 2. The van der Waals surface area contributed by atoms with Crippen LogP contribution in [0.2, 0.25) is 0 Å². The molecule has 1 aromatic heterocycles. The average molecular weight is 634 g/mol. The van der Waals surface area contributed by atoms with E-state index in [1.807, 2.05) is 11.3 Å². The highest BCUT2D eigenvalue weighted by Crippen LogP contribution is 2.57. The van der Waals surface area contributed by atoms with E-state index in [-0.39, 0.29) is 10.8 Å². The van der Waals surface area contributed by atoms with Crippen LogP contribution in [0.3, 0.4) is 0 Å².